The first-order chi connectivity index (χ1) is 9.72. The van der Waals surface area contributed by atoms with Crippen LogP contribution in [0.25, 0.3) is 0 Å². The lowest BCUT2D eigenvalue weighted by atomic mass is 10.2. The van der Waals surface area contributed by atoms with E-state index < -0.39 is 0 Å². The van der Waals surface area contributed by atoms with Gasteiger partial charge in [0.2, 0.25) is 0 Å². The standard InChI is InChI=1S/C15H28N4O/c1-5-7-16-10-14-11-17-12-15(18-14)19(8-9-20-4)13(3)6-2/h11-13,16H,5-10H2,1-4H3. The first kappa shape index (κ1) is 16.9. The molecule has 5 heteroatoms. The average Bonchev–Trinajstić information content (AvgIpc) is 2.48. The second kappa shape index (κ2) is 9.66. The summed E-state index contributed by atoms with van der Waals surface area (Å²) >= 11 is 0. The van der Waals surface area contributed by atoms with E-state index in [1.54, 1.807) is 7.11 Å². The van der Waals surface area contributed by atoms with Crippen molar-refractivity contribution in [2.45, 2.75) is 46.2 Å². The zero-order chi connectivity index (χ0) is 14.8. The van der Waals surface area contributed by atoms with Crippen LogP contribution in [0.5, 0.6) is 0 Å². The van der Waals surface area contributed by atoms with Crippen LogP contribution in [-0.2, 0) is 11.3 Å². The number of nitrogens with zero attached hydrogens (tertiary/aromatic N) is 3. The highest BCUT2D eigenvalue weighted by molar-refractivity contribution is 5.37. The molecular weight excluding hydrogens is 252 g/mol. The van der Waals surface area contributed by atoms with E-state index >= 15 is 0 Å². The number of anilines is 1. The van der Waals surface area contributed by atoms with Gasteiger partial charge in [0.1, 0.15) is 5.82 Å². The SMILES string of the molecule is CCCNCc1cncc(N(CCOC)C(C)CC)n1. The number of ether oxygens (including phenoxy) is 1. The van der Waals surface area contributed by atoms with Crippen LogP contribution in [0.4, 0.5) is 5.82 Å². The Balaban J connectivity index is 2.76. The average molecular weight is 280 g/mol. The molecular formula is C15H28N4O. The molecule has 0 aliphatic carbocycles. The molecule has 0 aliphatic heterocycles. The third kappa shape index (κ3) is 5.43. The summed E-state index contributed by atoms with van der Waals surface area (Å²) in [6, 6.07) is 0.429. The Labute approximate surface area is 122 Å². The second-order valence-electron chi connectivity index (χ2n) is 4.99. The van der Waals surface area contributed by atoms with Crippen LogP contribution in [0, 0.1) is 0 Å². The van der Waals surface area contributed by atoms with Gasteiger partial charge in [-0.15, -0.1) is 0 Å². The lowest BCUT2D eigenvalue weighted by molar-refractivity contribution is 0.203. The van der Waals surface area contributed by atoms with Crippen molar-refractivity contribution in [3.05, 3.63) is 18.1 Å². The maximum absolute atomic E-state index is 5.20. The van der Waals surface area contributed by atoms with Gasteiger partial charge in [0.05, 0.1) is 18.5 Å². The van der Waals surface area contributed by atoms with E-state index in [1.807, 2.05) is 12.4 Å². The van der Waals surface area contributed by atoms with E-state index in [0.29, 0.717) is 12.6 Å². The maximum atomic E-state index is 5.20. The molecule has 1 aromatic rings. The second-order valence-corrected chi connectivity index (χ2v) is 4.99. The van der Waals surface area contributed by atoms with Crippen molar-refractivity contribution >= 4 is 5.82 Å². The molecule has 20 heavy (non-hydrogen) atoms. The number of nitrogens with one attached hydrogen (secondary N) is 1. The van der Waals surface area contributed by atoms with Crippen LogP contribution in [0.1, 0.15) is 39.3 Å². The molecule has 1 atom stereocenters. The van der Waals surface area contributed by atoms with Gasteiger partial charge in [0, 0.05) is 32.4 Å². The highest BCUT2D eigenvalue weighted by Crippen LogP contribution is 2.15. The number of methoxy groups -OCH3 is 1. The molecule has 0 spiro atoms. The Bertz CT molecular complexity index is 373. The van der Waals surface area contributed by atoms with Gasteiger partial charge in [0.25, 0.3) is 0 Å². The molecule has 0 aliphatic rings. The van der Waals surface area contributed by atoms with Crippen molar-refractivity contribution < 1.29 is 4.74 Å². The zero-order valence-corrected chi connectivity index (χ0v) is 13.2. The van der Waals surface area contributed by atoms with Crippen molar-refractivity contribution in [3.63, 3.8) is 0 Å². The van der Waals surface area contributed by atoms with E-state index in [1.165, 1.54) is 0 Å². The zero-order valence-electron chi connectivity index (χ0n) is 13.2. The maximum Gasteiger partial charge on any atom is 0.147 e. The molecule has 5 nitrogen and oxygen atoms in total. The molecule has 0 saturated carbocycles. The summed E-state index contributed by atoms with van der Waals surface area (Å²) in [4.78, 5) is 11.3. The van der Waals surface area contributed by atoms with Crippen LogP contribution in [-0.4, -0.2) is 42.8 Å². The summed E-state index contributed by atoms with van der Waals surface area (Å²) in [7, 11) is 1.73. The van der Waals surface area contributed by atoms with Crippen LogP contribution in [0.2, 0.25) is 0 Å². The fourth-order valence-electron chi connectivity index (χ4n) is 1.98. The first-order valence-electron chi connectivity index (χ1n) is 7.50. The predicted molar refractivity (Wildman–Crippen MR) is 83.0 cm³/mol. The van der Waals surface area contributed by atoms with Gasteiger partial charge in [-0.1, -0.05) is 13.8 Å². The Kier molecular flexibility index (Phi) is 8.14. The minimum atomic E-state index is 0.429. The van der Waals surface area contributed by atoms with E-state index in [2.05, 4.69) is 36.0 Å². The molecule has 1 rings (SSSR count). The van der Waals surface area contributed by atoms with Gasteiger partial charge in [-0.05, 0) is 26.3 Å². The van der Waals surface area contributed by atoms with Crippen molar-refractivity contribution in [2.24, 2.45) is 0 Å². The monoisotopic (exact) mass is 280 g/mol. The van der Waals surface area contributed by atoms with Crippen molar-refractivity contribution in [2.75, 3.05) is 31.7 Å². The van der Waals surface area contributed by atoms with E-state index in [4.69, 9.17) is 9.72 Å². The Morgan fingerprint density at radius 2 is 2.15 bits per heavy atom. The van der Waals surface area contributed by atoms with Gasteiger partial charge in [-0.2, -0.15) is 0 Å². The Morgan fingerprint density at radius 1 is 1.35 bits per heavy atom. The molecule has 0 amide bonds. The molecule has 0 fully saturated rings. The van der Waals surface area contributed by atoms with Gasteiger partial charge in [-0.25, -0.2) is 4.98 Å². The third-order valence-electron chi connectivity index (χ3n) is 3.36. The lowest BCUT2D eigenvalue weighted by Crippen LogP contribution is -2.36. The molecule has 0 radical (unpaired) electrons. The molecule has 0 aromatic carbocycles. The number of aromatic nitrogens is 2. The largest absolute Gasteiger partial charge is 0.383 e. The highest BCUT2D eigenvalue weighted by Gasteiger charge is 2.14. The van der Waals surface area contributed by atoms with Crippen molar-refractivity contribution in [3.8, 4) is 0 Å². The summed E-state index contributed by atoms with van der Waals surface area (Å²) in [6.07, 6.45) is 5.87. The summed E-state index contributed by atoms with van der Waals surface area (Å²) in [5.41, 5.74) is 0.988. The van der Waals surface area contributed by atoms with Crippen LogP contribution in [0.15, 0.2) is 12.4 Å². The molecule has 1 aromatic heterocycles. The molecule has 1 unspecified atom stereocenters. The molecule has 1 N–H and O–H groups in total. The van der Waals surface area contributed by atoms with Gasteiger partial charge < -0.3 is 15.0 Å². The summed E-state index contributed by atoms with van der Waals surface area (Å²) in [6.45, 7) is 9.86. The fourth-order valence-corrected chi connectivity index (χ4v) is 1.98. The molecule has 0 saturated heterocycles. The van der Waals surface area contributed by atoms with Gasteiger partial charge >= 0.3 is 0 Å². The first-order valence-corrected chi connectivity index (χ1v) is 7.50. The number of hydrogen-bond donors (Lipinski definition) is 1. The third-order valence-corrected chi connectivity index (χ3v) is 3.36. The minimum Gasteiger partial charge on any atom is -0.383 e. The fraction of sp³-hybridized carbons (Fsp3) is 0.733. The Morgan fingerprint density at radius 3 is 2.80 bits per heavy atom. The van der Waals surface area contributed by atoms with E-state index in [0.717, 1.165) is 44.0 Å². The summed E-state index contributed by atoms with van der Waals surface area (Å²) < 4.78 is 5.20. The highest BCUT2D eigenvalue weighted by atomic mass is 16.5. The summed E-state index contributed by atoms with van der Waals surface area (Å²) in [5, 5.41) is 3.36. The van der Waals surface area contributed by atoms with E-state index in [-0.39, 0.29) is 0 Å². The van der Waals surface area contributed by atoms with Crippen LogP contribution in [0.3, 0.4) is 0 Å². The molecule has 1 heterocycles. The van der Waals surface area contributed by atoms with Crippen LogP contribution < -0.4 is 10.2 Å². The normalized spacial score (nSPS) is 12.4. The van der Waals surface area contributed by atoms with Crippen molar-refractivity contribution in [1.29, 1.82) is 0 Å². The lowest BCUT2D eigenvalue weighted by Gasteiger charge is -2.29. The number of rotatable bonds is 10. The smallest absolute Gasteiger partial charge is 0.147 e. The Hall–Kier alpha value is -1.20. The molecule has 114 valence electrons. The quantitative estimate of drug-likeness (QED) is 0.666. The van der Waals surface area contributed by atoms with Crippen LogP contribution >= 0.6 is 0 Å². The minimum absolute atomic E-state index is 0.429. The van der Waals surface area contributed by atoms with E-state index in [9.17, 15) is 0 Å². The van der Waals surface area contributed by atoms with Gasteiger partial charge in [0.15, 0.2) is 0 Å². The van der Waals surface area contributed by atoms with Gasteiger partial charge in [-0.3, -0.25) is 4.98 Å². The predicted octanol–water partition coefficient (Wildman–Crippen LogP) is 2.23. The van der Waals surface area contributed by atoms with Crippen molar-refractivity contribution in [1.82, 2.24) is 15.3 Å². The molecule has 0 bridgehead atoms. The summed E-state index contributed by atoms with van der Waals surface area (Å²) in [5.74, 6) is 0.937. The topological polar surface area (TPSA) is 50.3 Å². The number of hydrogen-bond acceptors (Lipinski definition) is 5.